The predicted octanol–water partition coefficient (Wildman–Crippen LogP) is 5.59. The lowest BCUT2D eigenvalue weighted by Gasteiger charge is -2.18. The van der Waals surface area contributed by atoms with Crippen LogP contribution in [-0.2, 0) is 11.2 Å². The molecule has 192 valence electrons. The Morgan fingerprint density at radius 2 is 1.87 bits per heavy atom. The standard InChI is InChI=1S/C27H17ClF3N3O4/c28-19-11-14(13-32)6-8-17(19)18-9-7-15(16-3-2-10-33-24(16)18)12-21(26(36)37)34-25(35)23-20(29)4-1-5-22(23)38-27(30)31/h1-11,21,27H,12H2,(H,34,35)(H,36,37)/t21-/m0/s1. The Kier molecular flexibility index (Phi) is 7.79. The van der Waals surface area contributed by atoms with Gasteiger partial charge in [0.15, 0.2) is 0 Å². The number of nitrogens with one attached hydrogen (secondary N) is 1. The van der Waals surface area contributed by atoms with Crippen molar-refractivity contribution in [2.75, 3.05) is 0 Å². The van der Waals surface area contributed by atoms with E-state index >= 15 is 0 Å². The highest BCUT2D eigenvalue weighted by molar-refractivity contribution is 6.33. The number of fused-ring (bicyclic) bond motifs is 1. The highest BCUT2D eigenvalue weighted by Gasteiger charge is 2.27. The molecule has 0 unspecified atom stereocenters. The molecule has 1 amide bonds. The number of pyridine rings is 1. The minimum atomic E-state index is -3.32. The van der Waals surface area contributed by atoms with Crippen molar-refractivity contribution in [2.24, 2.45) is 0 Å². The number of carbonyl (C=O) groups is 2. The number of nitriles is 1. The summed E-state index contributed by atoms with van der Waals surface area (Å²) >= 11 is 6.39. The molecule has 0 aliphatic heterocycles. The average Bonchev–Trinajstić information content (AvgIpc) is 2.88. The Labute approximate surface area is 219 Å². The Morgan fingerprint density at radius 1 is 1.11 bits per heavy atom. The van der Waals surface area contributed by atoms with Crippen LogP contribution < -0.4 is 10.1 Å². The number of hydrogen-bond donors (Lipinski definition) is 2. The van der Waals surface area contributed by atoms with E-state index in [1.165, 1.54) is 6.07 Å². The molecule has 0 radical (unpaired) electrons. The summed E-state index contributed by atoms with van der Waals surface area (Å²) in [6.45, 7) is -3.32. The van der Waals surface area contributed by atoms with Crippen LogP contribution in [0, 0.1) is 17.1 Å². The summed E-state index contributed by atoms with van der Waals surface area (Å²) in [6, 6.07) is 14.9. The number of carboxylic acid groups (broad SMARTS) is 1. The summed E-state index contributed by atoms with van der Waals surface area (Å²) in [7, 11) is 0. The third-order valence-electron chi connectivity index (χ3n) is 5.69. The topological polar surface area (TPSA) is 112 Å². The quantitative estimate of drug-likeness (QED) is 0.302. The molecule has 0 saturated carbocycles. The Balaban J connectivity index is 1.69. The highest BCUT2D eigenvalue weighted by atomic mass is 35.5. The van der Waals surface area contributed by atoms with Crippen LogP contribution in [0.5, 0.6) is 5.75 Å². The van der Waals surface area contributed by atoms with Crippen molar-refractivity contribution in [3.8, 4) is 22.9 Å². The summed E-state index contributed by atoms with van der Waals surface area (Å²) in [4.78, 5) is 29.2. The van der Waals surface area contributed by atoms with E-state index in [-0.39, 0.29) is 6.42 Å². The third kappa shape index (κ3) is 5.53. The predicted molar refractivity (Wildman–Crippen MR) is 133 cm³/mol. The Morgan fingerprint density at radius 3 is 2.55 bits per heavy atom. The van der Waals surface area contributed by atoms with E-state index < -0.39 is 41.7 Å². The lowest BCUT2D eigenvalue weighted by Crippen LogP contribution is -2.42. The van der Waals surface area contributed by atoms with Gasteiger partial charge in [-0.2, -0.15) is 14.0 Å². The molecule has 0 aliphatic carbocycles. The Bertz CT molecular complexity index is 1590. The molecular formula is C27H17ClF3N3O4. The summed E-state index contributed by atoms with van der Waals surface area (Å²) < 4.78 is 44.1. The van der Waals surface area contributed by atoms with Gasteiger partial charge in [0.1, 0.15) is 23.2 Å². The number of aliphatic carboxylic acids is 1. The molecule has 0 bridgehead atoms. The van der Waals surface area contributed by atoms with Gasteiger partial charge in [-0.15, -0.1) is 0 Å². The fourth-order valence-electron chi connectivity index (χ4n) is 4.00. The maximum absolute atomic E-state index is 14.4. The first-order valence-corrected chi connectivity index (χ1v) is 11.4. The second kappa shape index (κ2) is 11.2. The molecule has 38 heavy (non-hydrogen) atoms. The lowest BCUT2D eigenvalue weighted by molar-refractivity contribution is -0.139. The van der Waals surface area contributed by atoms with Gasteiger partial charge >= 0.3 is 12.6 Å². The number of carbonyl (C=O) groups excluding carboxylic acids is 1. The number of alkyl halides is 2. The first-order chi connectivity index (χ1) is 18.2. The number of nitrogens with zero attached hydrogens (tertiary/aromatic N) is 2. The van der Waals surface area contributed by atoms with Crippen molar-refractivity contribution in [2.45, 2.75) is 19.1 Å². The number of benzene rings is 3. The minimum absolute atomic E-state index is 0.232. The molecule has 0 fully saturated rings. The molecule has 1 heterocycles. The SMILES string of the molecule is N#Cc1ccc(-c2ccc(C[C@H](NC(=O)c3c(F)cccc3OC(F)F)C(=O)O)c3cccnc23)c(Cl)c1. The van der Waals surface area contributed by atoms with Crippen LogP contribution >= 0.6 is 11.6 Å². The molecule has 0 spiro atoms. The molecule has 1 aromatic heterocycles. The number of carboxylic acids is 1. The van der Waals surface area contributed by atoms with Crippen LogP contribution in [0.25, 0.3) is 22.0 Å². The largest absolute Gasteiger partial charge is 0.480 e. The lowest BCUT2D eigenvalue weighted by atomic mass is 9.94. The normalized spacial score (nSPS) is 11.7. The summed E-state index contributed by atoms with van der Waals surface area (Å²) in [5.41, 5.74) is 1.77. The van der Waals surface area contributed by atoms with Crippen LogP contribution in [0.4, 0.5) is 13.2 Å². The van der Waals surface area contributed by atoms with E-state index in [2.05, 4.69) is 15.0 Å². The summed E-state index contributed by atoms with van der Waals surface area (Å²) in [5, 5.41) is 22.0. The van der Waals surface area contributed by atoms with Crippen molar-refractivity contribution in [1.82, 2.24) is 10.3 Å². The van der Waals surface area contributed by atoms with Gasteiger partial charge < -0.3 is 15.2 Å². The van der Waals surface area contributed by atoms with Crippen molar-refractivity contribution < 1.29 is 32.6 Å². The van der Waals surface area contributed by atoms with E-state index in [1.807, 2.05) is 6.07 Å². The molecule has 7 nitrogen and oxygen atoms in total. The van der Waals surface area contributed by atoms with Gasteiger partial charge in [0.25, 0.3) is 5.91 Å². The molecule has 4 rings (SSSR count). The second-order valence-electron chi connectivity index (χ2n) is 8.04. The summed E-state index contributed by atoms with van der Waals surface area (Å²) in [6.07, 6.45) is 1.32. The third-order valence-corrected chi connectivity index (χ3v) is 6.01. The van der Waals surface area contributed by atoms with E-state index in [1.54, 1.807) is 42.6 Å². The van der Waals surface area contributed by atoms with Crippen LogP contribution in [0.3, 0.4) is 0 Å². The zero-order valence-corrected chi connectivity index (χ0v) is 20.0. The number of aromatic nitrogens is 1. The van der Waals surface area contributed by atoms with Crippen molar-refractivity contribution >= 4 is 34.4 Å². The molecule has 11 heteroatoms. The van der Waals surface area contributed by atoms with Gasteiger partial charge in [-0.1, -0.05) is 41.9 Å². The molecule has 3 aromatic carbocycles. The number of ether oxygens (including phenoxy) is 1. The monoisotopic (exact) mass is 539 g/mol. The van der Waals surface area contributed by atoms with E-state index in [4.69, 9.17) is 16.9 Å². The fraction of sp³-hybridized carbons (Fsp3) is 0.111. The maximum Gasteiger partial charge on any atom is 0.387 e. The number of halogens is 4. The first kappa shape index (κ1) is 26.4. The van der Waals surface area contributed by atoms with Gasteiger partial charge in [-0.05, 0) is 35.9 Å². The maximum atomic E-state index is 14.4. The zero-order valence-electron chi connectivity index (χ0n) is 19.3. The molecule has 4 aromatic rings. The van der Waals surface area contributed by atoms with Crippen LogP contribution in [0.1, 0.15) is 21.5 Å². The van der Waals surface area contributed by atoms with E-state index in [0.29, 0.717) is 38.2 Å². The average molecular weight is 540 g/mol. The van der Waals surface area contributed by atoms with E-state index in [0.717, 1.165) is 18.2 Å². The van der Waals surface area contributed by atoms with Crippen molar-refractivity contribution in [1.29, 1.82) is 5.26 Å². The first-order valence-electron chi connectivity index (χ1n) is 11.0. The van der Waals surface area contributed by atoms with Gasteiger partial charge in [0.2, 0.25) is 0 Å². The number of rotatable bonds is 8. The molecular weight excluding hydrogens is 523 g/mol. The number of hydrogen-bond acceptors (Lipinski definition) is 5. The van der Waals surface area contributed by atoms with Crippen LogP contribution in [0.2, 0.25) is 5.02 Å². The van der Waals surface area contributed by atoms with Crippen molar-refractivity contribution in [3.05, 3.63) is 94.4 Å². The molecule has 0 saturated heterocycles. The number of amides is 1. The van der Waals surface area contributed by atoms with Gasteiger partial charge in [-0.3, -0.25) is 9.78 Å². The summed E-state index contributed by atoms with van der Waals surface area (Å²) in [5.74, 6) is -4.53. The molecule has 2 N–H and O–H groups in total. The fourth-order valence-corrected chi connectivity index (χ4v) is 4.28. The smallest absolute Gasteiger partial charge is 0.387 e. The van der Waals surface area contributed by atoms with Gasteiger partial charge in [0.05, 0.1) is 17.1 Å². The highest BCUT2D eigenvalue weighted by Crippen LogP contribution is 2.35. The van der Waals surface area contributed by atoms with E-state index in [9.17, 15) is 27.9 Å². The zero-order chi connectivity index (χ0) is 27.4. The molecule has 0 aliphatic rings. The van der Waals surface area contributed by atoms with Crippen LogP contribution in [-0.4, -0.2) is 34.6 Å². The van der Waals surface area contributed by atoms with Gasteiger partial charge in [-0.25, -0.2) is 9.18 Å². The minimum Gasteiger partial charge on any atom is -0.480 e. The second-order valence-corrected chi connectivity index (χ2v) is 8.45. The Hall–Kier alpha value is -4.62. The van der Waals surface area contributed by atoms with Crippen LogP contribution in [0.15, 0.2) is 66.9 Å². The molecule has 1 atom stereocenters. The van der Waals surface area contributed by atoms with Gasteiger partial charge in [0, 0.05) is 34.2 Å². The van der Waals surface area contributed by atoms with Crippen molar-refractivity contribution in [3.63, 3.8) is 0 Å².